The van der Waals surface area contributed by atoms with Gasteiger partial charge in [-0.3, -0.25) is 0 Å². The van der Waals surface area contributed by atoms with E-state index in [4.69, 9.17) is 10.5 Å². The number of nitrogens with two attached hydrogens (primary N) is 1. The van der Waals surface area contributed by atoms with Crippen molar-refractivity contribution in [1.82, 2.24) is 9.80 Å². The predicted molar refractivity (Wildman–Crippen MR) is 77.5 cm³/mol. The molecule has 22 heavy (non-hydrogen) atoms. The van der Waals surface area contributed by atoms with Crippen molar-refractivity contribution in [3.8, 4) is 0 Å². The molecule has 5 nitrogen and oxygen atoms in total. The second-order valence-corrected chi connectivity index (χ2v) is 6.60. The quantitative estimate of drug-likeness (QED) is 0.863. The summed E-state index contributed by atoms with van der Waals surface area (Å²) >= 11 is 0. The van der Waals surface area contributed by atoms with Crippen LogP contribution in [0.3, 0.4) is 0 Å². The Bertz CT molecular complexity index is 369. The molecule has 1 aliphatic rings. The zero-order valence-electron chi connectivity index (χ0n) is 13.4. The second kappa shape index (κ2) is 7.50. The normalized spacial score (nSPS) is 19.7. The van der Waals surface area contributed by atoms with Crippen LogP contribution in [0.15, 0.2) is 0 Å². The second-order valence-electron chi connectivity index (χ2n) is 6.60. The lowest BCUT2D eigenvalue weighted by Crippen LogP contribution is -2.43. The molecule has 1 fully saturated rings. The molecule has 1 heterocycles. The van der Waals surface area contributed by atoms with Crippen molar-refractivity contribution >= 4 is 6.09 Å². The molecule has 0 aliphatic carbocycles. The first-order valence-corrected chi connectivity index (χ1v) is 7.50. The largest absolute Gasteiger partial charge is 0.444 e. The molecule has 0 aromatic rings. The number of carbonyl (C=O) groups is 1. The first kappa shape index (κ1) is 19.0. The fourth-order valence-corrected chi connectivity index (χ4v) is 2.29. The summed E-state index contributed by atoms with van der Waals surface area (Å²) in [5, 5.41) is 0. The van der Waals surface area contributed by atoms with E-state index in [1.807, 2.05) is 0 Å². The van der Waals surface area contributed by atoms with Gasteiger partial charge in [-0.2, -0.15) is 13.2 Å². The third-order valence-corrected chi connectivity index (χ3v) is 3.47. The van der Waals surface area contributed by atoms with E-state index in [1.54, 1.807) is 30.6 Å². The number of hydrogen-bond acceptors (Lipinski definition) is 4. The topological polar surface area (TPSA) is 58.8 Å². The van der Waals surface area contributed by atoms with Gasteiger partial charge in [-0.05, 0) is 33.7 Å². The van der Waals surface area contributed by atoms with Crippen molar-refractivity contribution in [2.24, 2.45) is 11.7 Å². The number of nitrogens with zero attached hydrogens (tertiary/aromatic N) is 2. The first-order valence-electron chi connectivity index (χ1n) is 7.50. The van der Waals surface area contributed by atoms with Gasteiger partial charge in [0.25, 0.3) is 0 Å². The Morgan fingerprint density at radius 1 is 1.18 bits per heavy atom. The Kier molecular flexibility index (Phi) is 6.49. The first-order chi connectivity index (χ1) is 10.0. The highest BCUT2D eigenvalue weighted by atomic mass is 19.4. The molecule has 8 heteroatoms. The predicted octanol–water partition coefficient (Wildman–Crippen LogP) is 2.07. The van der Waals surface area contributed by atoms with Crippen molar-refractivity contribution in [2.45, 2.75) is 39.0 Å². The molecule has 0 aromatic heterocycles. The highest BCUT2D eigenvalue weighted by Gasteiger charge is 2.39. The Labute approximate surface area is 129 Å². The fourth-order valence-electron chi connectivity index (χ4n) is 2.29. The van der Waals surface area contributed by atoms with Gasteiger partial charge in [0.05, 0.1) is 5.92 Å². The molecule has 0 radical (unpaired) electrons. The zero-order valence-corrected chi connectivity index (χ0v) is 13.4. The van der Waals surface area contributed by atoms with Gasteiger partial charge in [0.2, 0.25) is 0 Å². The van der Waals surface area contributed by atoms with Crippen LogP contribution >= 0.6 is 0 Å². The van der Waals surface area contributed by atoms with Crippen LogP contribution in [0.5, 0.6) is 0 Å². The van der Waals surface area contributed by atoms with E-state index in [0.717, 1.165) is 0 Å². The maximum absolute atomic E-state index is 12.8. The molecule has 0 saturated carbocycles. The minimum atomic E-state index is -4.29. The van der Waals surface area contributed by atoms with Gasteiger partial charge < -0.3 is 20.3 Å². The molecular formula is C14H26F3N3O2. The number of alkyl halides is 3. The van der Waals surface area contributed by atoms with Crippen LogP contribution in [0.1, 0.15) is 27.2 Å². The van der Waals surface area contributed by atoms with Crippen molar-refractivity contribution < 1.29 is 22.7 Å². The Morgan fingerprint density at radius 3 is 2.32 bits per heavy atom. The third-order valence-electron chi connectivity index (χ3n) is 3.47. The molecule has 1 rings (SSSR count). The van der Waals surface area contributed by atoms with Crippen LogP contribution in [-0.2, 0) is 4.74 Å². The van der Waals surface area contributed by atoms with Crippen LogP contribution in [0, 0.1) is 5.92 Å². The molecule has 1 atom stereocenters. The van der Waals surface area contributed by atoms with Crippen LogP contribution < -0.4 is 5.73 Å². The summed E-state index contributed by atoms with van der Waals surface area (Å²) in [7, 11) is 0. The minimum absolute atomic E-state index is 0.123. The van der Waals surface area contributed by atoms with Gasteiger partial charge in [-0.1, -0.05) is 0 Å². The number of hydrogen-bond donors (Lipinski definition) is 1. The van der Waals surface area contributed by atoms with E-state index < -0.39 is 30.3 Å². The SMILES string of the molecule is CC(C)(C)OC(=O)N1CCCN(CC(CN)C(F)(F)F)CC1. The lowest BCUT2D eigenvalue weighted by molar-refractivity contribution is -0.176. The molecule has 0 spiro atoms. The Hall–Kier alpha value is -1.02. The van der Waals surface area contributed by atoms with Crippen LogP contribution in [0.25, 0.3) is 0 Å². The van der Waals surface area contributed by atoms with Gasteiger partial charge in [0.1, 0.15) is 5.60 Å². The fraction of sp³-hybridized carbons (Fsp3) is 0.929. The standard InChI is InChI=1S/C14H26F3N3O2/c1-13(2,3)22-12(21)20-6-4-5-19(7-8-20)10-11(9-18)14(15,16)17/h11H,4-10,18H2,1-3H3. The van der Waals surface area contributed by atoms with Gasteiger partial charge in [-0.15, -0.1) is 0 Å². The molecule has 1 amide bonds. The summed E-state index contributed by atoms with van der Waals surface area (Å²) < 4.78 is 43.6. The van der Waals surface area contributed by atoms with E-state index in [2.05, 4.69) is 0 Å². The zero-order chi connectivity index (χ0) is 17.0. The molecule has 130 valence electrons. The van der Waals surface area contributed by atoms with Gasteiger partial charge >= 0.3 is 12.3 Å². The van der Waals surface area contributed by atoms with Crippen molar-refractivity contribution in [3.63, 3.8) is 0 Å². The highest BCUT2D eigenvalue weighted by molar-refractivity contribution is 5.68. The van der Waals surface area contributed by atoms with Crippen molar-refractivity contribution in [2.75, 3.05) is 39.3 Å². The molecule has 1 aliphatic heterocycles. The number of amides is 1. The van der Waals surface area contributed by atoms with Crippen LogP contribution in [0.4, 0.5) is 18.0 Å². The maximum atomic E-state index is 12.8. The highest BCUT2D eigenvalue weighted by Crippen LogP contribution is 2.26. The molecular weight excluding hydrogens is 299 g/mol. The molecule has 0 bridgehead atoms. The Balaban J connectivity index is 2.54. The minimum Gasteiger partial charge on any atom is -0.444 e. The van der Waals surface area contributed by atoms with E-state index in [-0.39, 0.29) is 6.54 Å². The van der Waals surface area contributed by atoms with Crippen molar-refractivity contribution in [3.05, 3.63) is 0 Å². The summed E-state index contributed by atoms with van der Waals surface area (Å²) in [6.07, 6.45) is -4.08. The average molecular weight is 325 g/mol. The van der Waals surface area contributed by atoms with E-state index in [1.165, 1.54) is 0 Å². The molecule has 1 saturated heterocycles. The van der Waals surface area contributed by atoms with E-state index in [9.17, 15) is 18.0 Å². The number of rotatable bonds is 3. The van der Waals surface area contributed by atoms with Crippen LogP contribution in [-0.4, -0.2) is 66.9 Å². The number of ether oxygens (including phenoxy) is 1. The smallest absolute Gasteiger partial charge is 0.410 e. The number of carbonyl (C=O) groups excluding carboxylic acids is 1. The summed E-state index contributed by atoms with van der Waals surface area (Å²) in [5.41, 5.74) is 4.65. The molecule has 2 N–H and O–H groups in total. The maximum Gasteiger partial charge on any atom is 0.410 e. The van der Waals surface area contributed by atoms with Crippen molar-refractivity contribution in [1.29, 1.82) is 0 Å². The summed E-state index contributed by atoms with van der Waals surface area (Å²) in [5.74, 6) is -1.53. The molecule has 1 unspecified atom stereocenters. The van der Waals surface area contributed by atoms with Gasteiger partial charge in [0.15, 0.2) is 0 Å². The molecule has 0 aromatic carbocycles. The van der Waals surface area contributed by atoms with E-state index >= 15 is 0 Å². The summed E-state index contributed by atoms with van der Waals surface area (Å²) in [6, 6.07) is 0. The van der Waals surface area contributed by atoms with Gasteiger partial charge in [-0.25, -0.2) is 4.79 Å². The average Bonchev–Trinajstić information content (AvgIpc) is 2.57. The number of halogens is 3. The lowest BCUT2D eigenvalue weighted by atomic mass is 10.1. The monoisotopic (exact) mass is 325 g/mol. The van der Waals surface area contributed by atoms with E-state index in [0.29, 0.717) is 32.6 Å². The lowest BCUT2D eigenvalue weighted by Gasteiger charge is -2.28. The summed E-state index contributed by atoms with van der Waals surface area (Å²) in [6.45, 7) is 6.57. The third kappa shape index (κ3) is 6.39. The van der Waals surface area contributed by atoms with Crippen LogP contribution in [0.2, 0.25) is 0 Å². The Morgan fingerprint density at radius 2 is 1.82 bits per heavy atom. The summed E-state index contributed by atoms with van der Waals surface area (Å²) in [4.78, 5) is 15.3. The van der Waals surface area contributed by atoms with Gasteiger partial charge in [0, 0.05) is 32.7 Å².